The predicted octanol–water partition coefficient (Wildman–Crippen LogP) is 6.22. The molecule has 0 radical (unpaired) electrons. The Balaban J connectivity index is 2.06. The Morgan fingerprint density at radius 1 is 1.24 bits per heavy atom. The molecule has 1 nitrogen and oxygen atoms in total. The Morgan fingerprint density at radius 3 is 2.67 bits per heavy atom. The van der Waals surface area contributed by atoms with Crippen molar-refractivity contribution in [1.29, 1.82) is 0 Å². The first-order valence-corrected chi connectivity index (χ1v) is 9.26. The van der Waals surface area contributed by atoms with E-state index >= 15 is 0 Å². The van der Waals surface area contributed by atoms with Gasteiger partial charge in [-0.2, -0.15) is 0 Å². The molecule has 0 amide bonds. The van der Waals surface area contributed by atoms with Crippen LogP contribution in [-0.4, -0.2) is 6.54 Å². The number of halogens is 3. The molecule has 1 aromatic carbocycles. The molecule has 0 aliphatic rings. The largest absolute Gasteiger partial charge is 0.305 e. The van der Waals surface area contributed by atoms with E-state index in [1.165, 1.54) is 10.9 Å². The van der Waals surface area contributed by atoms with E-state index in [0.29, 0.717) is 0 Å². The highest BCUT2D eigenvalue weighted by Crippen LogP contribution is 2.40. The summed E-state index contributed by atoms with van der Waals surface area (Å²) in [6.07, 6.45) is 0. The van der Waals surface area contributed by atoms with E-state index in [0.717, 1.165) is 30.3 Å². The molecule has 6 heteroatoms. The quantitative estimate of drug-likeness (QED) is 0.544. The number of hydrogen-bond donors (Lipinski definition) is 1. The van der Waals surface area contributed by atoms with Crippen molar-refractivity contribution in [3.05, 3.63) is 54.7 Å². The molecule has 0 bridgehead atoms. The number of nitrogens with one attached hydrogen (secondary N) is 1. The minimum Gasteiger partial charge on any atom is -0.305 e. The van der Waals surface area contributed by atoms with Gasteiger partial charge in [-0.1, -0.05) is 24.6 Å². The first kappa shape index (κ1) is 15.4. The SMILES string of the molecule is CCNC(c1cc(Br)c(Cl)s1)c1cc2ccc(F)cc2s1. The third-order valence-corrected chi connectivity index (χ3v) is 6.84. The van der Waals surface area contributed by atoms with Gasteiger partial charge in [-0.05, 0) is 52.1 Å². The zero-order valence-corrected chi connectivity index (χ0v) is 15.1. The lowest BCUT2D eigenvalue weighted by Crippen LogP contribution is -2.20. The first-order valence-electron chi connectivity index (χ1n) is 6.45. The van der Waals surface area contributed by atoms with E-state index in [-0.39, 0.29) is 11.9 Å². The molecule has 3 aromatic rings. The summed E-state index contributed by atoms with van der Waals surface area (Å²) >= 11 is 12.8. The minimum absolute atomic E-state index is 0.0873. The second kappa shape index (κ2) is 6.34. The maximum Gasteiger partial charge on any atom is 0.124 e. The molecule has 1 N–H and O–H groups in total. The van der Waals surface area contributed by atoms with Crippen LogP contribution in [-0.2, 0) is 0 Å². The number of hydrogen-bond acceptors (Lipinski definition) is 3. The molecule has 0 aliphatic heterocycles. The third-order valence-electron chi connectivity index (χ3n) is 3.14. The Kier molecular flexibility index (Phi) is 4.66. The van der Waals surface area contributed by atoms with E-state index in [1.54, 1.807) is 28.7 Å². The molecular weight excluding hydrogens is 393 g/mol. The fourth-order valence-corrected chi connectivity index (χ4v) is 5.31. The van der Waals surface area contributed by atoms with Gasteiger partial charge in [0, 0.05) is 18.9 Å². The summed E-state index contributed by atoms with van der Waals surface area (Å²) in [5, 5.41) is 4.55. The fourth-order valence-electron chi connectivity index (χ4n) is 2.22. The Hall–Kier alpha value is -0.460. The lowest BCUT2D eigenvalue weighted by Gasteiger charge is -2.14. The highest BCUT2D eigenvalue weighted by Gasteiger charge is 2.19. The summed E-state index contributed by atoms with van der Waals surface area (Å²) in [7, 11) is 0. The molecule has 110 valence electrons. The predicted molar refractivity (Wildman–Crippen MR) is 94.3 cm³/mol. The van der Waals surface area contributed by atoms with Crippen LogP contribution >= 0.6 is 50.2 Å². The van der Waals surface area contributed by atoms with Gasteiger partial charge < -0.3 is 5.32 Å². The Morgan fingerprint density at radius 2 is 2.00 bits per heavy atom. The molecule has 2 aromatic heterocycles. The van der Waals surface area contributed by atoms with Gasteiger partial charge in [0.15, 0.2) is 0 Å². The van der Waals surface area contributed by atoms with Crippen molar-refractivity contribution in [2.75, 3.05) is 6.54 Å². The summed E-state index contributed by atoms with van der Waals surface area (Å²) in [5.41, 5.74) is 0. The van der Waals surface area contributed by atoms with Gasteiger partial charge >= 0.3 is 0 Å². The highest BCUT2D eigenvalue weighted by molar-refractivity contribution is 9.10. The standard InChI is InChI=1S/C15H12BrClFNS2/c1-2-19-14(13-7-10(16)15(17)21-13)12-5-8-3-4-9(18)6-11(8)20-12/h3-7,14,19H,2H2,1H3. The fraction of sp³-hybridized carbons (Fsp3) is 0.200. The molecular formula is C15H12BrClFNS2. The van der Waals surface area contributed by atoms with Crippen molar-refractivity contribution < 1.29 is 4.39 Å². The van der Waals surface area contributed by atoms with Gasteiger partial charge in [0.25, 0.3) is 0 Å². The van der Waals surface area contributed by atoms with Crippen molar-refractivity contribution in [1.82, 2.24) is 5.32 Å². The van der Waals surface area contributed by atoms with Crippen LogP contribution in [0.25, 0.3) is 10.1 Å². The summed E-state index contributed by atoms with van der Waals surface area (Å²) in [5.74, 6) is -0.196. The van der Waals surface area contributed by atoms with Gasteiger partial charge in [0.05, 0.1) is 6.04 Å². The summed E-state index contributed by atoms with van der Waals surface area (Å²) in [6.45, 7) is 2.92. The van der Waals surface area contributed by atoms with Crippen LogP contribution in [0.3, 0.4) is 0 Å². The maximum absolute atomic E-state index is 13.3. The molecule has 0 spiro atoms. The average Bonchev–Trinajstić information content (AvgIpc) is 2.99. The second-order valence-electron chi connectivity index (χ2n) is 4.59. The number of fused-ring (bicyclic) bond motifs is 1. The summed E-state index contributed by atoms with van der Waals surface area (Å²) < 4.78 is 16.0. The number of rotatable bonds is 4. The van der Waals surface area contributed by atoms with Gasteiger partial charge in [0.1, 0.15) is 10.2 Å². The normalized spacial score (nSPS) is 13.0. The van der Waals surface area contributed by atoms with Crippen LogP contribution in [0.1, 0.15) is 22.7 Å². The number of benzene rings is 1. The molecule has 1 atom stereocenters. The zero-order valence-electron chi connectivity index (χ0n) is 11.1. The summed E-state index contributed by atoms with van der Waals surface area (Å²) in [4.78, 5) is 2.32. The average molecular weight is 405 g/mol. The van der Waals surface area contributed by atoms with E-state index in [1.807, 2.05) is 12.1 Å². The molecule has 2 heterocycles. The Bertz CT molecular complexity index is 764. The van der Waals surface area contributed by atoms with Gasteiger partial charge in [-0.25, -0.2) is 4.39 Å². The van der Waals surface area contributed by atoms with Crippen LogP contribution in [0.4, 0.5) is 4.39 Å². The molecule has 21 heavy (non-hydrogen) atoms. The zero-order chi connectivity index (χ0) is 15.0. The van der Waals surface area contributed by atoms with E-state index in [2.05, 4.69) is 34.2 Å². The molecule has 0 fully saturated rings. The monoisotopic (exact) mass is 403 g/mol. The lowest BCUT2D eigenvalue weighted by molar-refractivity contribution is 0.630. The lowest BCUT2D eigenvalue weighted by atomic mass is 10.1. The molecule has 3 rings (SSSR count). The topological polar surface area (TPSA) is 12.0 Å². The van der Waals surface area contributed by atoms with E-state index < -0.39 is 0 Å². The van der Waals surface area contributed by atoms with Crippen molar-refractivity contribution in [3.63, 3.8) is 0 Å². The highest BCUT2D eigenvalue weighted by atomic mass is 79.9. The van der Waals surface area contributed by atoms with Crippen molar-refractivity contribution in [2.24, 2.45) is 0 Å². The van der Waals surface area contributed by atoms with Gasteiger partial charge in [-0.3, -0.25) is 0 Å². The Labute approximate surface area is 143 Å². The molecule has 0 saturated carbocycles. The first-order chi connectivity index (χ1) is 10.1. The van der Waals surface area contributed by atoms with Crippen LogP contribution < -0.4 is 5.32 Å². The molecule has 0 saturated heterocycles. The van der Waals surface area contributed by atoms with E-state index in [4.69, 9.17) is 11.6 Å². The van der Waals surface area contributed by atoms with Crippen molar-refractivity contribution in [2.45, 2.75) is 13.0 Å². The molecule has 0 aliphatic carbocycles. The second-order valence-corrected chi connectivity index (χ2v) is 8.25. The van der Waals surface area contributed by atoms with Crippen LogP contribution in [0, 0.1) is 5.82 Å². The van der Waals surface area contributed by atoms with Crippen LogP contribution in [0.5, 0.6) is 0 Å². The van der Waals surface area contributed by atoms with Gasteiger partial charge in [-0.15, -0.1) is 22.7 Å². The van der Waals surface area contributed by atoms with Crippen LogP contribution in [0.15, 0.2) is 34.8 Å². The third kappa shape index (κ3) is 3.17. The molecule has 1 unspecified atom stereocenters. The minimum atomic E-state index is -0.196. The van der Waals surface area contributed by atoms with Crippen molar-refractivity contribution >= 4 is 60.3 Å². The number of thiophene rings is 2. The smallest absolute Gasteiger partial charge is 0.124 e. The summed E-state index contributed by atoms with van der Waals surface area (Å²) in [6, 6.07) is 9.16. The maximum atomic E-state index is 13.3. The van der Waals surface area contributed by atoms with Crippen LogP contribution in [0.2, 0.25) is 4.34 Å². The van der Waals surface area contributed by atoms with Crippen molar-refractivity contribution in [3.8, 4) is 0 Å². The van der Waals surface area contributed by atoms with E-state index in [9.17, 15) is 4.39 Å². The van der Waals surface area contributed by atoms with Gasteiger partial charge in [0.2, 0.25) is 0 Å².